The number of nitro groups is 1. The number of anilines is 1. The number of carbonyl (C=O) groups excluding carboxylic acids is 1. The van der Waals surface area contributed by atoms with Gasteiger partial charge in [-0.15, -0.1) is 0 Å². The van der Waals surface area contributed by atoms with Crippen LogP contribution in [0.15, 0.2) is 54.6 Å². The number of ether oxygens (including phenoxy) is 1. The summed E-state index contributed by atoms with van der Waals surface area (Å²) < 4.78 is 5.43. The zero-order valence-electron chi connectivity index (χ0n) is 11.7. The third-order valence-electron chi connectivity index (χ3n) is 2.74. The van der Waals surface area contributed by atoms with Crippen LogP contribution in [0.1, 0.15) is 0 Å². The first-order valence-corrected chi connectivity index (χ1v) is 6.62. The molecule has 0 fully saturated rings. The van der Waals surface area contributed by atoms with Crippen molar-refractivity contribution < 1.29 is 14.5 Å². The minimum atomic E-state index is -0.495. The smallest absolute Gasteiger partial charge is 0.319 e. The number of para-hydroxylation sites is 1. The normalized spacial score (nSPS) is 9.82. The Hall–Kier alpha value is -3.09. The van der Waals surface area contributed by atoms with Crippen LogP contribution >= 0.6 is 0 Å². The van der Waals surface area contributed by atoms with E-state index < -0.39 is 11.0 Å². The van der Waals surface area contributed by atoms with Gasteiger partial charge in [-0.25, -0.2) is 4.79 Å². The fourth-order valence-electron chi connectivity index (χ4n) is 1.69. The molecule has 0 aliphatic heterocycles. The van der Waals surface area contributed by atoms with Crippen molar-refractivity contribution in [3.63, 3.8) is 0 Å². The van der Waals surface area contributed by atoms with Crippen molar-refractivity contribution in [3.05, 3.63) is 64.7 Å². The van der Waals surface area contributed by atoms with E-state index in [1.54, 1.807) is 0 Å². The highest BCUT2D eigenvalue weighted by Gasteiger charge is 2.05. The molecule has 0 bridgehead atoms. The fourth-order valence-corrected chi connectivity index (χ4v) is 1.69. The average Bonchev–Trinajstić information content (AvgIpc) is 2.53. The number of benzene rings is 2. The summed E-state index contributed by atoms with van der Waals surface area (Å²) in [5, 5.41) is 15.7. The van der Waals surface area contributed by atoms with E-state index in [0.717, 1.165) is 5.75 Å². The van der Waals surface area contributed by atoms with Gasteiger partial charge in [-0.2, -0.15) is 0 Å². The van der Waals surface area contributed by atoms with E-state index in [2.05, 4.69) is 10.6 Å². The first kappa shape index (κ1) is 15.3. The Kier molecular flexibility index (Phi) is 5.31. The Labute approximate surface area is 127 Å². The van der Waals surface area contributed by atoms with Crippen LogP contribution in [0.25, 0.3) is 0 Å². The Morgan fingerprint density at radius 2 is 1.77 bits per heavy atom. The summed E-state index contributed by atoms with van der Waals surface area (Å²) in [6.45, 7) is 0.686. The van der Waals surface area contributed by atoms with Crippen LogP contribution < -0.4 is 15.4 Å². The Morgan fingerprint density at radius 1 is 1.09 bits per heavy atom. The van der Waals surface area contributed by atoms with E-state index in [9.17, 15) is 14.9 Å². The molecule has 0 unspecified atom stereocenters. The molecule has 0 aliphatic carbocycles. The summed E-state index contributed by atoms with van der Waals surface area (Å²) in [6.07, 6.45) is 0. The number of amides is 2. The van der Waals surface area contributed by atoms with Gasteiger partial charge in [-0.05, 0) is 24.3 Å². The first-order chi connectivity index (χ1) is 10.6. The summed E-state index contributed by atoms with van der Waals surface area (Å²) in [5.41, 5.74) is 0.453. The van der Waals surface area contributed by atoms with Crippen molar-refractivity contribution in [1.29, 1.82) is 0 Å². The van der Waals surface area contributed by atoms with Crippen molar-refractivity contribution >= 4 is 17.4 Å². The maximum Gasteiger partial charge on any atom is 0.319 e. The first-order valence-electron chi connectivity index (χ1n) is 6.62. The van der Waals surface area contributed by atoms with Gasteiger partial charge in [0.1, 0.15) is 12.4 Å². The van der Waals surface area contributed by atoms with E-state index in [1.807, 2.05) is 30.3 Å². The number of nitro benzene ring substituents is 1. The standard InChI is InChI=1S/C15H15N3O4/c19-15(16-10-11-22-14-4-2-1-3-5-14)17-12-6-8-13(9-7-12)18(20)21/h1-9H,10-11H2,(H2,16,17,19). The minimum Gasteiger partial charge on any atom is -0.492 e. The number of non-ortho nitro benzene ring substituents is 1. The predicted octanol–water partition coefficient (Wildman–Crippen LogP) is 2.80. The van der Waals surface area contributed by atoms with Crippen LogP contribution in [0, 0.1) is 10.1 Å². The summed E-state index contributed by atoms with van der Waals surface area (Å²) in [5.74, 6) is 0.736. The van der Waals surface area contributed by atoms with Gasteiger partial charge in [-0.1, -0.05) is 18.2 Å². The lowest BCUT2D eigenvalue weighted by atomic mass is 10.3. The third-order valence-corrected chi connectivity index (χ3v) is 2.74. The lowest BCUT2D eigenvalue weighted by Crippen LogP contribution is -2.32. The maximum absolute atomic E-state index is 11.6. The highest BCUT2D eigenvalue weighted by molar-refractivity contribution is 5.89. The number of nitrogens with one attached hydrogen (secondary N) is 2. The van der Waals surface area contributed by atoms with Crippen molar-refractivity contribution in [1.82, 2.24) is 5.32 Å². The molecular formula is C15H15N3O4. The lowest BCUT2D eigenvalue weighted by Gasteiger charge is -2.09. The van der Waals surface area contributed by atoms with Gasteiger partial charge in [0.15, 0.2) is 0 Å². The number of carbonyl (C=O) groups is 1. The molecule has 0 saturated heterocycles. The fraction of sp³-hybridized carbons (Fsp3) is 0.133. The summed E-state index contributed by atoms with van der Waals surface area (Å²) in [6, 6.07) is 14.5. The second kappa shape index (κ2) is 7.63. The largest absolute Gasteiger partial charge is 0.492 e. The molecule has 2 amide bonds. The molecule has 2 aromatic rings. The van der Waals surface area contributed by atoms with Gasteiger partial charge in [-0.3, -0.25) is 10.1 Å². The molecule has 2 N–H and O–H groups in total. The monoisotopic (exact) mass is 301 g/mol. The molecule has 7 heteroatoms. The summed E-state index contributed by atoms with van der Waals surface area (Å²) >= 11 is 0. The van der Waals surface area contributed by atoms with Crippen molar-refractivity contribution in [2.75, 3.05) is 18.5 Å². The molecular weight excluding hydrogens is 286 g/mol. The van der Waals surface area contributed by atoms with Crippen LogP contribution in [0.3, 0.4) is 0 Å². The Bertz CT molecular complexity index is 629. The van der Waals surface area contributed by atoms with Gasteiger partial charge in [0, 0.05) is 17.8 Å². The molecule has 0 radical (unpaired) electrons. The zero-order chi connectivity index (χ0) is 15.8. The van der Waals surface area contributed by atoms with Crippen molar-refractivity contribution in [2.24, 2.45) is 0 Å². The topological polar surface area (TPSA) is 93.5 Å². The number of hydrogen-bond acceptors (Lipinski definition) is 4. The average molecular weight is 301 g/mol. The molecule has 0 heterocycles. The van der Waals surface area contributed by atoms with E-state index in [-0.39, 0.29) is 5.69 Å². The third kappa shape index (κ3) is 4.78. The summed E-state index contributed by atoms with van der Waals surface area (Å²) in [7, 11) is 0. The molecule has 7 nitrogen and oxygen atoms in total. The molecule has 2 aromatic carbocycles. The second-order valence-electron chi connectivity index (χ2n) is 4.35. The predicted molar refractivity (Wildman–Crippen MR) is 82.1 cm³/mol. The number of hydrogen-bond donors (Lipinski definition) is 2. The quantitative estimate of drug-likeness (QED) is 0.487. The van der Waals surface area contributed by atoms with E-state index >= 15 is 0 Å². The number of urea groups is 1. The van der Waals surface area contributed by atoms with Crippen molar-refractivity contribution in [3.8, 4) is 5.75 Å². The molecule has 2 rings (SSSR count). The van der Waals surface area contributed by atoms with E-state index in [1.165, 1.54) is 24.3 Å². The molecule has 0 aromatic heterocycles. The van der Waals surface area contributed by atoms with Gasteiger partial charge < -0.3 is 15.4 Å². The highest BCUT2D eigenvalue weighted by Crippen LogP contribution is 2.15. The summed E-state index contributed by atoms with van der Waals surface area (Å²) in [4.78, 5) is 21.7. The molecule has 0 saturated carbocycles. The maximum atomic E-state index is 11.6. The van der Waals surface area contributed by atoms with Gasteiger partial charge in [0.05, 0.1) is 11.5 Å². The van der Waals surface area contributed by atoms with Crippen LogP contribution in [-0.2, 0) is 0 Å². The van der Waals surface area contributed by atoms with Crippen LogP contribution in [0.4, 0.5) is 16.2 Å². The van der Waals surface area contributed by atoms with Crippen LogP contribution in [0.2, 0.25) is 0 Å². The number of nitrogens with zero attached hydrogens (tertiary/aromatic N) is 1. The Morgan fingerprint density at radius 3 is 2.41 bits per heavy atom. The second-order valence-corrected chi connectivity index (χ2v) is 4.35. The van der Waals surface area contributed by atoms with Crippen LogP contribution in [0.5, 0.6) is 5.75 Å². The molecule has 0 aliphatic rings. The van der Waals surface area contributed by atoms with Gasteiger partial charge in [0.25, 0.3) is 5.69 Å². The number of rotatable bonds is 6. The van der Waals surface area contributed by atoms with Gasteiger partial charge >= 0.3 is 6.03 Å². The molecule has 0 atom stereocenters. The van der Waals surface area contributed by atoms with Crippen molar-refractivity contribution in [2.45, 2.75) is 0 Å². The minimum absolute atomic E-state index is 0.0257. The van der Waals surface area contributed by atoms with E-state index in [4.69, 9.17) is 4.74 Å². The van der Waals surface area contributed by atoms with Gasteiger partial charge in [0.2, 0.25) is 0 Å². The molecule has 22 heavy (non-hydrogen) atoms. The van der Waals surface area contributed by atoms with Crippen LogP contribution in [-0.4, -0.2) is 24.1 Å². The Balaban J connectivity index is 1.70. The zero-order valence-corrected chi connectivity index (χ0v) is 11.7. The lowest BCUT2D eigenvalue weighted by molar-refractivity contribution is -0.384. The molecule has 0 spiro atoms. The highest BCUT2D eigenvalue weighted by atomic mass is 16.6. The molecule has 114 valence electrons. The van der Waals surface area contributed by atoms with E-state index in [0.29, 0.717) is 18.8 Å². The SMILES string of the molecule is O=C(NCCOc1ccccc1)Nc1ccc([N+](=O)[O-])cc1.